The SMILES string of the molecule is CN1C(=O)[C@H](NC(=O)c2ncn(Cc3cccc(Cl)c3)n2)CCn2nc(C(F)(F)F)cc21. The maximum Gasteiger partial charge on any atom is 0.435 e. The molecule has 9 nitrogen and oxygen atoms in total. The minimum absolute atomic E-state index is 0.00278. The maximum atomic E-state index is 12.9. The third-order valence-corrected chi connectivity index (χ3v) is 5.16. The molecular weight excluding hydrogens is 451 g/mol. The first-order chi connectivity index (χ1) is 15.1. The predicted molar refractivity (Wildman–Crippen MR) is 107 cm³/mol. The molecule has 0 bridgehead atoms. The fourth-order valence-corrected chi connectivity index (χ4v) is 3.57. The lowest BCUT2D eigenvalue weighted by Gasteiger charge is -2.19. The zero-order valence-corrected chi connectivity index (χ0v) is 17.4. The van der Waals surface area contributed by atoms with Crippen LogP contribution in [0.3, 0.4) is 0 Å². The van der Waals surface area contributed by atoms with Crippen LogP contribution in [0.4, 0.5) is 19.0 Å². The summed E-state index contributed by atoms with van der Waals surface area (Å²) in [5.41, 5.74) is -0.216. The summed E-state index contributed by atoms with van der Waals surface area (Å²) >= 11 is 5.96. The van der Waals surface area contributed by atoms with Crippen molar-refractivity contribution in [3.63, 3.8) is 0 Å². The summed E-state index contributed by atoms with van der Waals surface area (Å²) in [6.07, 6.45) is -3.18. The molecule has 0 unspecified atom stereocenters. The number of likely N-dealkylation sites (N-methyl/N-ethyl adjacent to an activating group) is 1. The normalized spacial score (nSPS) is 16.6. The fraction of sp³-hybridized carbons (Fsp3) is 0.316. The summed E-state index contributed by atoms with van der Waals surface area (Å²) in [7, 11) is 1.33. The van der Waals surface area contributed by atoms with Crippen molar-refractivity contribution < 1.29 is 22.8 Å². The molecule has 168 valence electrons. The third-order valence-electron chi connectivity index (χ3n) is 4.93. The maximum absolute atomic E-state index is 12.9. The van der Waals surface area contributed by atoms with Crippen molar-refractivity contribution in [1.29, 1.82) is 0 Å². The minimum atomic E-state index is -4.62. The van der Waals surface area contributed by atoms with Gasteiger partial charge in [0.2, 0.25) is 5.82 Å². The molecule has 2 amide bonds. The van der Waals surface area contributed by atoms with E-state index in [9.17, 15) is 22.8 Å². The molecular formula is C19H17ClF3N7O2. The van der Waals surface area contributed by atoms with Gasteiger partial charge in [0.1, 0.15) is 18.2 Å². The van der Waals surface area contributed by atoms with Crippen molar-refractivity contribution in [2.75, 3.05) is 11.9 Å². The Labute approximate surface area is 184 Å². The van der Waals surface area contributed by atoms with Crippen LogP contribution in [0.5, 0.6) is 0 Å². The van der Waals surface area contributed by atoms with Crippen molar-refractivity contribution in [2.45, 2.75) is 31.7 Å². The van der Waals surface area contributed by atoms with Crippen LogP contribution in [0.2, 0.25) is 5.02 Å². The van der Waals surface area contributed by atoms with Gasteiger partial charge in [-0.2, -0.15) is 18.3 Å². The Morgan fingerprint density at radius 3 is 2.78 bits per heavy atom. The number of rotatable bonds is 4. The van der Waals surface area contributed by atoms with E-state index < -0.39 is 29.7 Å². The van der Waals surface area contributed by atoms with Crippen LogP contribution in [-0.2, 0) is 24.1 Å². The molecule has 1 aromatic carbocycles. The van der Waals surface area contributed by atoms with Gasteiger partial charge in [-0.3, -0.25) is 14.5 Å². The van der Waals surface area contributed by atoms with Crippen LogP contribution in [-0.4, -0.2) is 49.4 Å². The number of carbonyl (C=O) groups excluding carboxylic acids is 2. The van der Waals surface area contributed by atoms with Gasteiger partial charge in [0.05, 0.1) is 6.54 Å². The Morgan fingerprint density at radius 1 is 1.28 bits per heavy atom. The highest BCUT2D eigenvalue weighted by atomic mass is 35.5. The Morgan fingerprint density at radius 2 is 2.06 bits per heavy atom. The Balaban J connectivity index is 1.44. The molecule has 32 heavy (non-hydrogen) atoms. The molecule has 4 rings (SSSR count). The van der Waals surface area contributed by atoms with Crippen LogP contribution in [0, 0.1) is 0 Å². The van der Waals surface area contributed by atoms with Gasteiger partial charge in [0, 0.05) is 24.7 Å². The number of nitrogens with one attached hydrogen (secondary N) is 1. The molecule has 0 saturated carbocycles. The van der Waals surface area contributed by atoms with Crippen molar-refractivity contribution in [3.8, 4) is 0 Å². The molecule has 0 fully saturated rings. The summed E-state index contributed by atoms with van der Waals surface area (Å²) in [6, 6.07) is 6.98. The van der Waals surface area contributed by atoms with E-state index in [1.54, 1.807) is 18.2 Å². The minimum Gasteiger partial charge on any atom is -0.337 e. The molecule has 0 aliphatic carbocycles. The highest BCUT2D eigenvalue weighted by Crippen LogP contribution is 2.32. The largest absolute Gasteiger partial charge is 0.435 e. The van der Waals surface area contributed by atoms with Gasteiger partial charge in [0.25, 0.3) is 11.8 Å². The number of benzene rings is 1. The molecule has 0 saturated heterocycles. The highest BCUT2D eigenvalue weighted by Gasteiger charge is 2.38. The van der Waals surface area contributed by atoms with Crippen LogP contribution >= 0.6 is 11.6 Å². The van der Waals surface area contributed by atoms with E-state index >= 15 is 0 Å². The van der Waals surface area contributed by atoms with Gasteiger partial charge in [-0.1, -0.05) is 23.7 Å². The first-order valence-corrected chi connectivity index (χ1v) is 9.87. The lowest BCUT2D eigenvalue weighted by molar-refractivity contribution is -0.141. The predicted octanol–water partition coefficient (Wildman–Crippen LogP) is 2.36. The van der Waals surface area contributed by atoms with Crippen LogP contribution < -0.4 is 10.2 Å². The fourth-order valence-electron chi connectivity index (χ4n) is 3.36. The Kier molecular flexibility index (Phi) is 5.63. The molecule has 1 aliphatic rings. The Hall–Kier alpha value is -3.41. The Bertz CT molecular complexity index is 1170. The molecule has 1 aliphatic heterocycles. The summed E-state index contributed by atoms with van der Waals surface area (Å²) < 4.78 is 41.4. The average Bonchev–Trinajstić information content (AvgIpc) is 3.35. The number of anilines is 1. The number of alkyl halides is 3. The summed E-state index contributed by atoms with van der Waals surface area (Å²) in [5, 5.41) is 10.8. The van der Waals surface area contributed by atoms with Crippen LogP contribution in [0.25, 0.3) is 0 Å². The lowest BCUT2D eigenvalue weighted by Crippen LogP contribution is -2.47. The van der Waals surface area contributed by atoms with Crippen LogP contribution in [0.1, 0.15) is 28.3 Å². The van der Waals surface area contributed by atoms with E-state index in [4.69, 9.17) is 11.6 Å². The van der Waals surface area contributed by atoms with Gasteiger partial charge in [-0.25, -0.2) is 14.3 Å². The quantitative estimate of drug-likeness (QED) is 0.635. The second kappa shape index (κ2) is 8.26. The molecule has 3 aromatic rings. The zero-order chi connectivity index (χ0) is 23.0. The molecule has 0 spiro atoms. The third kappa shape index (κ3) is 4.44. The number of fused-ring (bicyclic) bond motifs is 1. The van der Waals surface area contributed by atoms with Gasteiger partial charge in [-0.05, 0) is 24.1 Å². The smallest absolute Gasteiger partial charge is 0.337 e. The van der Waals surface area contributed by atoms with Gasteiger partial charge >= 0.3 is 6.18 Å². The van der Waals surface area contributed by atoms with Crippen molar-refractivity contribution in [2.24, 2.45) is 0 Å². The van der Waals surface area contributed by atoms with Gasteiger partial charge in [-0.15, -0.1) is 5.10 Å². The summed E-state index contributed by atoms with van der Waals surface area (Å²) in [5.74, 6) is -1.37. The number of aryl methyl sites for hydroxylation is 1. The molecule has 0 radical (unpaired) electrons. The molecule has 2 aromatic heterocycles. The zero-order valence-electron chi connectivity index (χ0n) is 16.7. The first kappa shape index (κ1) is 21.8. The van der Waals surface area contributed by atoms with Crippen LogP contribution in [0.15, 0.2) is 36.7 Å². The summed E-state index contributed by atoms with van der Waals surface area (Å²) in [6.45, 7) is 0.359. The number of hydrogen-bond acceptors (Lipinski definition) is 5. The number of nitrogens with zero attached hydrogens (tertiary/aromatic N) is 6. The molecule has 1 atom stereocenters. The lowest BCUT2D eigenvalue weighted by atomic mass is 10.2. The first-order valence-electron chi connectivity index (χ1n) is 9.49. The molecule has 3 heterocycles. The van der Waals surface area contributed by atoms with Crippen molar-refractivity contribution in [1.82, 2.24) is 29.9 Å². The standard InChI is InChI=1S/C19H17ClF3N7O2/c1-28-15-8-14(19(21,22)23)26-30(15)6-5-13(18(28)32)25-17(31)16-24-10-29(27-16)9-11-3-2-4-12(20)7-11/h2-4,7-8,10,13H,5-6,9H2,1H3,(H,25,31)/t13-/m1/s1. The number of hydrogen-bond donors (Lipinski definition) is 1. The summed E-state index contributed by atoms with van der Waals surface area (Å²) in [4.78, 5) is 30.3. The second-order valence-corrected chi connectivity index (χ2v) is 7.65. The van der Waals surface area contributed by atoms with Gasteiger partial charge < -0.3 is 5.32 Å². The number of aromatic nitrogens is 5. The topological polar surface area (TPSA) is 97.9 Å². The highest BCUT2D eigenvalue weighted by molar-refractivity contribution is 6.30. The van der Waals surface area contributed by atoms with E-state index in [0.717, 1.165) is 21.2 Å². The van der Waals surface area contributed by atoms with E-state index in [0.29, 0.717) is 11.6 Å². The number of amides is 2. The monoisotopic (exact) mass is 467 g/mol. The second-order valence-electron chi connectivity index (χ2n) is 7.22. The molecule has 13 heteroatoms. The van der Waals surface area contributed by atoms with E-state index in [2.05, 4.69) is 20.5 Å². The number of halogens is 4. The molecule has 1 N–H and O–H groups in total. The van der Waals surface area contributed by atoms with Crippen molar-refractivity contribution in [3.05, 3.63) is 58.8 Å². The van der Waals surface area contributed by atoms with E-state index in [-0.39, 0.29) is 24.6 Å². The van der Waals surface area contributed by atoms with Crippen molar-refractivity contribution >= 4 is 29.2 Å². The van der Waals surface area contributed by atoms with E-state index in [1.165, 1.54) is 18.1 Å². The number of carbonyl (C=O) groups is 2. The van der Waals surface area contributed by atoms with Gasteiger partial charge in [0.15, 0.2) is 5.69 Å². The average molecular weight is 468 g/mol. The van der Waals surface area contributed by atoms with E-state index in [1.807, 2.05) is 6.07 Å².